The first kappa shape index (κ1) is 13.2. The molecular weight excluding hydrogens is 256 g/mol. The number of nitrogens with one attached hydrogen (secondary N) is 1. The van der Waals surface area contributed by atoms with E-state index >= 15 is 0 Å². The summed E-state index contributed by atoms with van der Waals surface area (Å²) in [6.07, 6.45) is 1.92. The van der Waals surface area contributed by atoms with E-state index in [-0.39, 0.29) is 12.1 Å². The van der Waals surface area contributed by atoms with Gasteiger partial charge in [0.2, 0.25) is 0 Å². The van der Waals surface area contributed by atoms with Crippen LogP contribution >= 0.6 is 0 Å². The third kappa shape index (κ3) is 2.45. The van der Waals surface area contributed by atoms with E-state index in [1.54, 1.807) is 12.0 Å². The predicted octanol–water partition coefficient (Wildman–Crippen LogP) is 2.02. The molecule has 0 aliphatic carbocycles. The Hall–Kier alpha value is -1.75. The van der Waals surface area contributed by atoms with Gasteiger partial charge in [-0.15, -0.1) is 0 Å². The van der Waals surface area contributed by atoms with Crippen LogP contribution in [-0.2, 0) is 4.74 Å². The summed E-state index contributed by atoms with van der Waals surface area (Å²) in [6, 6.07) is 7.74. The molecule has 2 fully saturated rings. The number of nitrogens with zero attached hydrogens (tertiary/aromatic N) is 1. The summed E-state index contributed by atoms with van der Waals surface area (Å²) in [7, 11) is 1.63. The summed E-state index contributed by atoms with van der Waals surface area (Å²) < 4.78 is 10.5. The van der Waals surface area contributed by atoms with Crippen LogP contribution in [0.5, 0.6) is 5.75 Å². The van der Waals surface area contributed by atoms with Gasteiger partial charge in [-0.05, 0) is 44.0 Å². The predicted molar refractivity (Wildman–Crippen MR) is 76.2 cm³/mol. The van der Waals surface area contributed by atoms with Gasteiger partial charge in [-0.2, -0.15) is 0 Å². The summed E-state index contributed by atoms with van der Waals surface area (Å²) in [6.45, 7) is 2.52. The van der Waals surface area contributed by atoms with Gasteiger partial charge in [0, 0.05) is 6.07 Å². The Morgan fingerprint density at radius 1 is 1.35 bits per heavy atom. The minimum atomic E-state index is -0.248. The molecule has 5 nitrogen and oxygen atoms in total. The lowest BCUT2D eigenvalue weighted by molar-refractivity contribution is 0.174. The van der Waals surface area contributed by atoms with Crippen molar-refractivity contribution in [3.05, 3.63) is 24.3 Å². The van der Waals surface area contributed by atoms with Gasteiger partial charge < -0.3 is 14.8 Å². The molecule has 3 rings (SSSR count). The molecule has 1 aromatic rings. The molecule has 0 radical (unpaired) electrons. The number of ether oxygens (including phenoxy) is 2. The molecule has 0 saturated carbocycles. The van der Waals surface area contributed by atoms with E-state index in [0.29, 0.717) is 12.5 Å². The standard InChI is InChI=1S/C15H20N2O3/c1-19-13-4-2-3-12(9-13)17-14(10-20-15(17)18)11-5-7-16-8-6-11/h2-4,9,11,14,16H,5-8,10H2,1H3. The zero-order valence-corrected chi connectivity index (χ0v) is 11.7. The third-order valence-electron chi connectivity index (χ3n) is 4.17. The normalized spacial score (nSPS) is 23.8. The van der Waals surface area contributed by atoms with Crippen molar-refractivity contribution in [3.63, 3.8) is 0 Å². The number of anilines is 1. The van der Waals surface area contributed by atoms with Gasteiger partial charge in [-0.3, -0.25) is 4.90 Å². The third-order valence-corrected chi connectivity index (χ3v) is 4.17. The molecule has 20 heavy (non-hydrogen) atoms. The number of cyclic esters (lactones) is 1. The Labute approximate surface area is 118 Å². The smallest absolute Gasteiger partial charge is 0.414 e. The largest absolute Gasteiger partial charge is 0.497 e. The van der Waals surface area contributed by atoms with Crippen molar-refractivity contribution in [2.45, 2.75) is 18.9 Å². The molecule has 0 aromatic heterocycles. The number of piperidine rings is 1. The van der Waals surface area contributed by atoms with Gasteiger partial charge >= 0.3 is 6.09 Å². The van der Waals surface area contributed by atoms with Crippen LogP contribution < -0.4 is 15.0 Å². The van der Waals surface area contributed by atoms with Crippen molar-refractivity contribution in [1.82, 2.24) is 5.32 Å². The van der Waals surface area contributed by atoms with Crippen molar-refractivity contribution in [2.75, 3.05) is 31.7 Å². The van der Waals surface area contributed by atoms with Crippen LogP contribution in [0.2, 0.25) is 0 Å². The zero-order valence-electron chi connectivity index (χ0n) is 11.7. The van der Waals surface area contributed by atoms with Gasteiger partial charge in [0.05, 0.1) is 18.8 Å². The Morgan fingerprint density at radius 2 is 2.15 bits per heavy atom. The second-order valence-electron chi connectivity index (χ2n) is 5.30. The average molecular weight is 276 g/mol. The zero-order chi connectivity index (χ0) is 13.9. The minimum absolute atomic E-state index is 0.136. The molecule has 0 spiro atoms. The number of carbonyl (C=O) groups is 1. The number of amides is 1. The first-order valence-corrected chi connectivity index (χ1v) is 7.10. The highest BCUT2D eigenvalue weighted by atomic mass is 16.6. The molecule has 2 heterocycles. The molecule has 2 saturated heterocycles. The molecule has 2 aliphatic heterocycles. The van der Waals surface area contributed by atoms with Crippen LogP contribution in [-0.4, -0.2) is 38.9 Å². The second-order valence-corrected chi connectivity index (χ2v) is 5.30. The number of methoxy groups -OCH3 is 1. The van der Waals surface area contributed by atoms with Gasteiger partial charge in [-0.25, -0.2) is 4.79 Å². The van der Waals surface area contributed by atoms with Gasteiger partial charge in [0.1, 0.15) is 12.4 Å². The molecule has 1 aromatic carbocycles. The highest BCUT2D eigenvalue weighted by Gasteiger charge is 2.39. The Morgan fingerprint density at radius 3 is 2.90 bits per heavy atom. The van der Waals surface area contributed by atoms with E-state index in [2.05, 4.69) is 5.32 Å². The Bertz CT molecular complexity index is 486. The molecule has 1 unspecified atom stereocenters. The summed E-state index contributed by atoms with van der Waals surface area (Å²) in [4.78, 5) is 13.9. The highest BCUT2D eigenvalue weighted by Crippen LogP contribution is 2.32. The van der Waals surface area contributed by atoms with Crippen LogP contribution in [0.1, 0.15) is 12.8 Å². The van der Waals surface area contributed by atoms with Crippen molar-refractivity contribution in [1.29, 1.82) is 0 Å². The number of hydrogen-bond acceptors (Lipinski definition) is 4. The lowest BCUT2D eigenvalue weighted by atomic mass is 9.90. The first-order chi connectivity index (χ1) is 9.79. The lowest BCUT2D eigenvalue weighted by Gasteiger charge is -2.32. The number of benzene rings is 1. The fourth-order valence-electron chi connectivity index (χ4n) is 3.07. The maximum Gasteiger partial charge on any atom is 0.414 e. The van der Waals surface area contributed by atoms with Gasteiger partial charge in [0.25, 0.3) is 0 Å². The van der Waals surface area contributed by atoms with E-state index in [1.807, 2.05) is 24.3 Å². The second kappa shape index (κ2) is 5.71. The minimum Gasteiger partial charge on any atom is -0.497 e. The molecule has 0 bridgehead atoms. The Kier molecular flexibility index (Phi) is 3.78. The van der Waals surface area contributed by atoms with E-state index in [4.69, 9.17) is 9.47 Å². The van der Waals surface area contributed by atoms with E-state index in [9.17, 15) is 4.79 Å². The quantitative estimate of drug-likeness (QED) is 0.917. The van der Waals surface area contributed by atoms with Crippen molar-refractivity contribution in [3.8, 4) is 5.75 Å². The summed E-state index contributed by atoms with van der Waals surface area (Å²) >= 11 is 0. The topological polar surface area (TPSA) is 50.8 Å². The van der Waals surface area contributed by atoms with E-state index in [0.717, 1.165) is 37.4 Å². The van der Waals surface area contributed by atoms with Crippen molar-refractivity contribution < 1.29 is 14.3 Å². The number of rotatable bonds is 3. The first-order valence-electron chi connectivity index (χ1n) is 7.10. The number of carbonyl (C=O) groups excluding carboxylic acids is 1. The van der Waals surface area contributed by atoms with Gasteiger partial charge in [-0.1, -0.05) is 6.07 Å². The molecule has 1 N–H and O–H groups in total. The van der Waals surface area contributed by atoms with Crippen LogP contribution in [0.15, 0.2) is 24.3 Å². The maximum absolute atomic E-state index is 12.1. The number of hydrogen-bond donors (Lipinski definition) is 1. The molecule has 5 heteroatoms. The summed E-state index contributed by atoms with van der Waals surface area (Å²) in [5.74, 6) is 1.25. The fraction of sp³-hybridized carbons (Fsp3) is 0.533. The maximum atomic E-state index is 12.1. The monoisotopic (exact) mass is 276 g/mol. The van der Waals surface area contributed by atoms with E-state index in [1.165, 1.54) is 0 Å². The van der Waals surface area contributed by atoms with Crippen molar-refractivity contribution in [2.24, 2.45) is 5.92 Å². The summed E-state index contributed by atoms with van der Waals surface area (Å²) in [5.41, 5.74) is 0.857. The Balaban J connectivity index is 1.85. The lowest BCUT2D eigenvalue weighted by Crippen LogP contribution is -2.43. The average Bonchev–Trinajstić information content (AvgIpc) is 2.90. The molecule has 2 aliphatic rings. The summed E-state index contributed by atoms with van der Waals surface area (Å²) in [5, 5.41) is 3.36. The molecule has 1 atom stereocenters. The van der Waals surface area contributed by atoms with Crippen LogP contribution in [0.25, 0.3) is 0 Å². The molecule has 108 valence electrons. The van der Waals surface area contributed by atoms with Crippen LogP contribution in [0.4, 0.5) is 10.5 Å². The van der Waals surface area contributed by atoms with Crippen LogP contribution in [0, 0.1) is 5.92 Å². The van der Waals surface area contributed by atoms with Gasteiger partial charge in [0.15, 0.2) is 0 Å². The SMILES string of the molecule is COc1cccc(N2C(=O)OCC2C2CCNCC2)c1. The highest BCUT2D eigenvalue weighted by molar-refractivity contribution is 5.90. The molecular formula is C15H20N2O3. The molecule has 1 amide bonds. The fourth-order valence-corrected chi connectivity index (χ4v) is 3.07. The van der Waals surface area contributed by atoms with Crippen molar-refractivity contribution >= 4 is 11.8 Å². The van der Waals surface area contributed by atoms with E-state index < -0.39 is 0 Å². The van der Waals surface area contributed by atoms with Crippen LogP contribution in [0.3, 0.4) is 0 Å².